The number of aromatic nitrogens is 3. The molecule has 0 bridgehead atoms. The first-order valence-corrected chi connectivity index (χ1v) is 9.44. The van der Waals surface area contributed by atoms with E-state index in [1.807, 2.05) is 0 Å². The second-order valence-electron chi connectivity index (χ2n) is 4.57. The first-order valence-electron chi connectivity index (χ1n) is 6.48. The summed E-state index contributed by atoms with van der Waals surface area (Å²) < 4.78 is 54.3. The zero-order chi connectivity index (χ0) is 18.1. The van der Waals surface area contributed by atoms with Crippen molar-refractivity contribution in [2.45, 2.75) is 4.90 Å². The third-order valence-corrected chi connectivity index (χ3v) is 5.08. The largest absolute Gasteiger partial charge is 0.377 e. The van der Waals surface area contributed by atoms with Crippen LogP contribution < -0.4 is 14.2 Å². The van der Waals surface area contributed by atoms with E-state index in [2.05, 4.69) is 20.3 Å². The van der Waals surface area contributed by atoms with Gasteiger partial charge < -0.3 is 4.18 Å². The zero-order valence-corrected chi connectivity index (χ0v) is 13.8. The van der Waals surface area contributed by atoms with Crippen LogP contribution in [0.25, 0.3) is 6.08 Å². The van der Waals surface area contributed by atoms with Crippen molar-refractivity contribution in [2.24, 2.45) is 0 Å². The molecule has 0 atom stereocenters. The van der Waals surface area contributed by atoms with Crippen LogP contribution in [0.2, 0.25) is 0 Å². The van der Waals surface area contributed by atoms with Crippen LogP contribution in [0.1, 0.15) is 5.56 Å². The van der Waals surface area contributed by atoms with E-state index in [9.17, 15) is 21.6 Å². The number of nitrogens with zero attached hydrogens (tertiary/aromatic N) is 3. The molecule has 3 rings (SSSR count). The van der Waals surface area contributed by atoms with Gasteiger partial charge in [0.15, 0.2) is 5.75 Å². The number of urea groups is 1. The Morgan fingerprint density at radius 2 is 1.88 bits per heavy atom. The lowest BCUT2D eigenvalue weighted by Gasteiger charge is -2.16. The number of anilines is 1. The lowest BCUT2D eigenvalue weighted by atomic mass is 10.2. The van der Waals surface area contributed by atoms with Gasteiger partial charge in [0, 0.05) is 5.56 Å². The van der Waals surface area contributed by atoms with E-state index in [1.165, 1.54) is 18.2 Å². The molecule has 1 aliphatic heterocycles. The van der Waals surface area contributed by atoms with Gasteiger partial charge in [0.1, 0.15) is 17.6 Å². The summed E-state index contributed by atoms with van der Waals surface area (Å²) in [7, 11) is -8.48. The maximum absolute atomic E-state index is 12.4. The molecule has 0 saturated heterocycles. The Labute approximate surface area is 142 Å². The molecule has 0 fully saturated rings. The second kappa shape index (κ2) is 6.10. The summed E-state index contributed by atoms with van der Waals surface area (Å²) >= 11 is 0. The number of carbonyl (C=O) groups is 1. The van der Waals surface area contributed by atoms with Crippen LogP contribution in [0.3, 0.4) is 0 Å². The van der Waals surface area contributed by atoms with Crippen molar-refractivity contribution in [3.05, 3.63) is 41.8 Å². The van der Waals surface area contributed by atoms with Crippen LogP contribution >= 0.6 is 0 Å². The van der Waals surface area contributed by atoms with E-state index >= 15 is 0 Å². The van der Waals surface area contributed by atoms with Crippen LogP contribution in [-0.4, -0.2) is 37.8 Å². The third-order valence-electron chi connectivity index (χ3n) is 2.86. The molecule has 1 aromatic carbocycles. The maximum Gasteiger partial charge on any atom is 0.335 e. The van der Waals surface area contributed by atoms with Crippen LogP contribution in [0.5, 0.6) is 5.75 Å². The van der Waals surface area contributed by atoms with Gasteiger partial charge in [-0.15, -0.1) is 0 Å². The van der Waals surface area contributed by atoms with E-state index in [0.717, 1.165) is 24.1 Å². The predicted octanol–water partition coefficient (Wildman–Crippen LogP) is 0.0749. The van der Waals surface area contributed by atoms with Crippen molar-refractivity contribution in [1.82, 2.24) is 19.7 Å². The lowest BCUT2D eigenvalue weighted by molar-refractivity contribution is 0.256. The lowest BCUT2D eigenvalue weighted by Crippen LogP contribution is -2.35. The highest BCUT2D eigenvalue weighted by molar-refractivity contribution is 7.91. The molecule has 2 N–H and O–H groups in total. The average molecular weight is 383 g/mol. The van der Waals surface area contributed by atoms with Gasteiger partial charge in [-0.2, -0.15) is 8.42 Å². The number of sulfonamides is 1. The van der Waals surface area contributed by atoms with Crippen LogP contribution in [0, 0.1) is 0 Å². The fourth-order valence-corrected chi connectivity index (χ4v) is 3.78. The normalized spacial score (nSPS) is 14.9. The molecular weight excluding hydrogens is 374 g/mol. The molecule has 0 radical (unpaired) electrons. The molecule has 25 heavy (non-hydrogen) atoms. The van der Waals surface area contributed by atoms with Gasteiger partial charge in [-0.3, -0.25) is 5.32 Å². The Morgan fingerprint density at radius 1 is 1.16 bits per heavy atom. The van der Waals surface area contributed by atoms with E-state index in [-0.39, 0.29) is 11.5 Å². The second-order valence-corrected chi connectivity index (χ2v) is 7.65. The predicted molar refractivity (Wildman–Crippen MR) is 84.2 cm³/mol. The minimum absolute atomic E-state index is 0.167. The number of amides is 2. The summed E-state index contributed by atoms with van der Waals surface area (Å²) in [6.07, 6.45) is 3.41. The Balaban J connectivity index is 1.89. The third kappa shape index (κ3) is 3.72. The van der Waals surface area contributed by atoms with E-state index in [0.29, 0.717) is 0 Å². The number of hydrogen-bond donors (Lipinski definition) is 2. The SMILES string of the molecule is O=C(Nc1ncncn1)NS(=O)(=O)c1cccc2c1OS(=O)(=O)C=C2. The number of rotatable bonds is 3. The highest BCUT2D eigenvalue weighted by Gasteiger charge is 2.28. The Morgan fingerprint density at radius 3 is 2.60 bits per heavy atom. The molecule has 0 unspecified atom stereocenters. The van der Waals surface area contributed by atoms with Crippen molar-refractivity contribution in [2.75, 3.05) is 5.32 Å². The molecule has 1 aromatic heterocycles. The van der Waals surface area contributed by atoms with Gasteiger partial charge in [0.2, 0.25) is 5.95 Å². The number of benzene rings is 1. The van der Waals surface area contributed by atoms with Crippen molar-refractivity contribution in [1.29, 1.82) is 0 Å². The first-order chi connectivity index (χ1) is 11.8. The van der Waals surface area contributed by atoms with Crippen molar-refractivity contribution in [3.63, 3.8) is 0 Å². The number of carbonyl (C=O) groups excluding carboxylic acids is 1. The van der Waals surface area contributed by atoms with Crippen LogP contribution in [0.4, 0.5) is 10.7 Å². The fraction of sp³-hybridized carbons (Fsp3) is 0. The summed E-state index contributed by atoms with van der Waals surface area (Å²) in [5, 5.41) is 2.90. The number of nitrogens with one attached hydrogen (secondary N) is 2. The molecule has 2 aromatic rings. The zero-order valence-electron chi connectivity index (χ0n) is 12.1. The van der Waals surface area contributed by atoms with E-state index in [4.69, 9.17) is 4.18 Å². The van der Waals surface area contributed by atoms with Gasteiger partial charge in [-0.05, 0) is 12.1 Å². The van der Waals surface area contributed by atoms with Gasteiger partial charge in [-0.1, -0.05) is 12.1 Å². The molecule has 13 heteroatoms. The monoisotopic (exact) mass is 383 g/mol. The van der Waals surface area contributed by atoms with Gasteiger partial charge in [0.05, 0.1) is 5.41 Å². The van der Waals surface area contributed by atoms with E-state index < -0.39 is 36.8 Å². The van der Waals surface area contributed by atoms with Crippen molar-refractivity contribution >= 4 is 38.2 Å². The maximum atomic E-state index is 12.4. The van der Waals surface area contributed by atoms with Gasteiger partial charge in [-0.25, -0.2) is 32.9 Å². The average Bonchev–Trinajstić information content (AvgIpc) is 2.53. The molecule has 0 aliphatic carbocycles. The Kier molecular flexibility index (Phi) is 4.10. The topological polar surface area (TPSA) is 157 Å². The first kappa shape index (κ1) is 16.8. The summed E-state index contributed by atoms with van der Waals surface area (Å²) in [6, 6.07) is 2.80. The summed E-state index contributed by atoms with van der Waals surface area (Å²) in [6.45, 7) is 0. The number of hydrogen-bond acceptors (Lipinski definition) is 9. The Hall–Kier alpha value is -3.06. The van der Waals surface area contributed by atoms with Crippen molar-refractivity contribution < 1.29 is 25.8 Å². The standard InChI is InChI=1S/C12H9N5O6S2/c18-12(16-11-14-6-13-7-15-11)17-25(21,22)9-3-1-2-8-4-5-24(19,20)23-10(8)9/h1-7H,(H2,13,14,15,16,17,18). The molecule has 0 saturated carbocycles. The number of fused-ring (bicyclic) bond motifs is 1. The van der Waals surface area contributed by atoms with Gasteiger partial charge in [0.25, 0.3) is 10.0 Å². The molecule has 130 valence electrons. The van der Waals surface area contributed by atoms with Crippen molar-refractivity contribution in [3.8, 4) is 5.75 Å². The molecule has 0 spiro atoms. The quantitative estimate of drug-likeness (QED) is 0.700. The minimum Gasteiger partial charge on any atom is -0.377 e. The highest BCUT2D eigenvalue weighted by Crippen LogP contribution is 2.33. The van der Waals surface area contributed by atoms with Gasteiger partial charge >= 0.3 is 16.1 Å². The highest BCUT2D eigenvalue weighted by atomic mass is 32.2. The summed E-state index contributed by atoms with van der Waals surface area (Å²) in [5.41, 5.74) is 0.232. The van der Waals surface area contributed by atoms with E-state index in [1.54, 1.807) is 4.72 Å². The molecular formula is C12H9N5O6S2. The minimum atomic E-state index is -4.43. The summed E-state index contributed by atoms with van der Waals surface area (Å²) in [4.78, 5) is 22.1. The molecule has 1 aliphatic rings. The fourth-order valence-electron chi connectivity index (χ4n) is 1.87. The molecule has 11 nitrogen and oxygen atoms in total. The Bertz CT molecular complexity index is 1070. The number of para-hydroxylation sites is 1. The summed E-state index contributed by atoms with van der Waals surface area (Å²) in [5.74, 6) is -0.565. The molecule has 2 amide bonds. The smallest absolute Gasteiger partial charge is 0.335 e. The van der Waals surface area contributed by atoms with Crippen LogP contribution in [0.15, 0.2) is 41.2 Å². The van der Waals surface area contributed by atoms with Crippen LogP contribution in [-0.2, 0) is 20.1 Å². The molecule has 2 heterocycles.